The Morgan fingerprint density at radius 2 is 1.82 bits per heavy atom. The Kier molecular flexibility index (Phi) is 3.44. The first-order valence-electron chi connectivity index (χ1n) is 3.75. The second-order valence-corrected chi connectivity index (χ2v) is 3.46. The van der Waals surface area contributed by atoms with Gasteiger partial charge in [-0.25, -0.2) is 0 Å². The highest BCUT2D eigenvalue weighted by molar-refractivity contribution is 4.62. The van der Waals surface area contributed by atoms with E-state index in [2.05, 4.69) is 0 Å². The molecule has 0 bridgehead atoms. The zero-order valence-corrected chi connectivity index (χ0v) is 7.37. The van der Waals surface area contributed by atoms with Crippen LogP contribution < -0.4 is 0 Å². The third-order valence-corrected chi connectivity index (χ3v) is 1.28. The van der Waals surface area contributed by atoms with Crippen LogP contribution in [0.15, 0.2) is 0 Å². The van der Waals surface area contributed by atoms with E-state index in [9.17, 15) is 15.4 Å². The molecule has 11 heavy (non-hydrogen) atoms. The van der Waals surface area contributed by atoms with Gasteiger partial charge in [-0.3, -0.25) is 0 Å². The van der Waals surface area contributed by atoms with E-state index in [0.717, 1.165) is 0 Å². The Labute approximate surface area is 67.2 Å². The Balaban J connectivity index is 3.91. The van der Waals surface area contributed by atoms with Crippen LogP contribution in [-0.4, -0.2) is 41.3 Å². The predicted molar refractivity (Wildman–Crippen MR) is 42.4 cm³/mol. The number of hydroxylamine groups is 3. The van der Waals surface area contributed by atoms with E-state index in [-0.39, 0.29) is 13.0 Å². The number of hydrogen-bond donors (Lipinski definition) is 2. The molecular formula is C7H17NO3. The summed E-state index contributed by atoms with van der Waals surface area (Å²) in [5.74, 6) is -1.81. The van der Waals surface area contributed by atoms with Crippen LogP contribution in [0, 0.1) is 5.21 Å². The van der Waals surface area contributed by atoms with Gasteiger partial charge < -0.3 is 20.1 Å². The van der Waals surface area contributed by atoms with Gasteiger partial charge in [0, 0.05) is 6.42 Å². The molecule has 0 amide bonds. The molecule has 0 aromatic carbocycles. The predicted octanol–water partition coefficient (Wildman–Crippen LogP) is 0.0416. The van der Waals surface area contributed by atoms with Crippen LogP contribution in [0.4, 0.5) is 0 Å². The van der Waals surface area contributed by atoms with Crippen LogP contribution >= 0.6 is 0 Å². The highest BCUT2D eigenvalue weighted by Gasteiger charge is 2.27. The summed E-state index contributed by atoms with van der Waals surface area (Å²) in [5, 5.41) is 29.4. The van der Waals surface area contributed by atoms with Crippen molar-refractivity contribution in [2.75, 3.05) is 20.6 Å². The number of likely N-dealkylation sites (N-methyl/N-ethyl adjacent to an activating group) is 1. The van der Waals surface area contributed by atoms with E-state index in [0.29, 0.717) is 6.42 Å². The van der Waals surface area contributed by atoms with Crippen molar-refractivity contribution in [2.45, 2.75) is 25.6 Å². The summed E-state index contributed by atoms with van der Waals surface area (Å²) in [6, 6.07) is 0. The molecule has 4 heteroatoms. The smallest absolute Gasteiger partial charge is 0.214 e. The number of hydrogen-bond acceptors (Lipinski definition) is 3. The van der Waals surface area contributed by atoms with Gasteiger partial charge in [0.05, 0.1) is 14.1 Å². The van der Waals surface area contributed by atoms with Crippen molar-refractivity contribution in [3.05, 3.63) is 5.21 Å². The molecule has 0 saturated heterocycles. The van der Waals surface area contributed by atoms with Crippen LogP contribution in [0.5, 0.6) is 0 Å². The van der Waals surface area contributed by atoms with Gasteiger partial charge in [0.15, 0.2) is 0 Å². The van der Waals surface area contributed by atoms with E-state index in [1.54, 1.807) is 0 Å². The summed E-state index contributed by atoms with van der Waals surface area (Å²) in [6.45, 7) is 1.66. The summed E-state index contributed by atoms with van der Waals surface area (Å²) >= 11 is 0. The standard InChI is InChI=1S/C7H17NO3/c1-4-5-7(9,10)6-8(2,3)11/h9-10H,4-6H2,1-3H3. The van der Waals surface area contributed by atoms with Crippen molar-refractivity contribution in [2.24, 2.45) is 0 Å². The van der Waals surface area contributed by atoms with Crippen LogP contribution in [-0.2, 0) is 0 Å². The molecule has 0 atom stereocenters. The van der Waals surface area contributed by atoms with Crippen LogP contribution in [0.25, 0.3) is 0 Å². The zero-order chi connectivity index (χ0) is 9.12. The highest BCUT2D eigenvalue weighted by Crippen LogP contribution is 2.12. The Morgan fingerprint density at radius 1 is 1.36 bits per heavy atom. The van der Waals surface area contributed by atoms with Crippen molar-refractivity contribution in [1.82, 2.24) is 0 Å². The zero-order valence-electron chi connectivity index (χ0n) is 7.37. The number of aliphatic hydroxyl groups is 2. The van der Waals surface area contributed by atoms with E-state index >= 15 is 0 Å². The molecule has 0 radical (unpaired) electrons. The molecule has 4 nitrogen and oxygen atoms in total. The van der Waals surface area contributed by atoms with E-state index in [1.165, 1.54) is 14.1 Å². The molecule has 0 aliphatic rings. The second-order valence-electron chi connectivity index (χ2n) is 3.46. The summed E-state index contributed by atoms with van der Waals surface area (Å²) in [5.41, 5.74) is 0. The molecule has 0 aromatic heterocycles. The summed E-state index contributed by atoms with van der Waals surface area (Å²) in [7, 11) is 2.77. The van der Waals surface area contributed by atoms with Gasteiger partial charge in [0.2, 0.25) is 5.79 Å². The minimum Gasteiger partial charge on any atom is -0.633 e. The number of nitrogens with zero attached hydrogens (tertiary/aromatic N) is 1. The summed E-state index contributed by atoms with van der Waals surface area (Å²) < 4.78 is -0.674. The van der Waals surface area contributed by atoms with Gasteiger partial charge in [-0.1, -0.05) is 13.3 Å². The fourth-order valence-corrected chi connectivity index (χ4v) is 1.09. The molecule has 0 unspecified atom stereocenters. The minimum atomic E-state index is -1.81. The lowest BCUT2D eigenvalue weighted by atomic mass is 10.1. The Hall–Kier alpha value is -0.160. The lowest BCUT2D eigenvalue weighted by Gasteiger charge is -2.38. The molecule has 0 rings (SSSR count). The molecule has 0 spiro atoms. The second kappa shape index (κ2) is 3.49. The van der Waals surface area contributed by atoms with Gasteiger partial charge in [0.25, 0.3) is 0 Å². The molecule has 2 N–H and O–H groups in total. The van der Waals surface area contributed by atoms with Crippen molar-refractivity contribution in [1.29, 1.82) is 0 Å². The van der Waals surface area contributed by atoms with Crippen molar-refractivity contribution >= 4 is 0 Å². The highest BCUT2D eigenvalue weighted by atomic mass is 16.6. The molecule has 0 aliphatic carbocycles. The molecule has 0 aliphatic heterocycles. The van der Waals surface area contributed by atoms with Crippen molar-refractivity contribution in [3.8, 4) is 0 Å². The van der Waals surface area contributed by atoms with Gasteiger partial charge in [-0.05, 0) is 0 Å². The quantitative estimate of drug-likeness (QED) is 0.349. The fraction of sp³-hybridized carbons (Fsp3) is 1.00. The largest absolute Gasteiger partial charge is 0.633 e. The summed E-state index contributed by atoms with van der Waals surface area (Å²) in [6.07, 6.45) is 0.907. The maximum absolute atomic E-state index is 11.0. The first kappa shape index (κ1) is 10.8. The van der Waals surface area contributed by atoms with Gasteiger partial charge in [0.1, 0.15) is 6.54 Å². The van der Waals surface area contributed by atoms with Crippen LogP contribution in [0.2, 0.25) is 0 Å². The first-order chi connectivity index (χ1) is 4.77. The first-order valence-corrected chi connectivity index (χ1v) is 3.75. The average Bonchev–Trinajstić information content (AvgIpc) is 1.55. The third kappa shape index (κ3) is 6.25. The maximum atomic E-state index is 11.0. The average molecular weight is 163 g/mol. The fourth-order valence-electron chi connectivity index (χ4n) is 1.09. The lowest BCUT2D eigenvalue weighted by Crippen LogP contribution is -2.48. The minimum absolute atomic E-state index is 0.180. The van der Waals surface area contributed by atoms with E-state index < -0.39 is 10.4 Å². The molecule has 0 fully saturated rings. The molecular weight excluding hydrogens is 146 g/mol. The van der Waals surface area contributed by atoms with Gasteiger partial charge in [-0.2, -0.15) is 0 Å². The van der Waals surface area contributed by atoms with E-state index in [1.807, 2.05) is 6.92 Å². The molecule has 0 aromatic rings. The van der Waals surface area contributed by atoms with Gasteiger partial charge >= 0.3 is 0 Å². The topological polar surface area (TPSA) is 63.5 Å². The Bertz CT molecular complexity index is 117. The SMILES string of the molecule is CCCC(O)(O)C[N+](C)(C)[O-]. The monoisotopic (exact) mass is 163 g/mol. The number of quaternary nitrogens is 1. The molecule has 68 valence electrons. The number of rotatable bonds is 4. The van der Waals surface area contributed by atoms with Gasteiger partial charge in [-0.15, -0.1) is 0 Å². The third-order valence-electron chi connectivity index (χ3n) is 1.28. The normalized spacial score (nSPS) is 13.6. The lowest BCUT2D eigenvalue weighted by molar-refractivity contribution is -0.851. The molecule has 0 heterocycles. The maximum Gasteiger partial charge on any atom is 0.214 e. The van der Waals surface area contributed by atoms with Crippen LogP contribution in [0.3, 0.4) is 0 Å². The van der Waals surface area contributed by atoms with E-state index in [4.69, 9.17) is 0 Å². The van der Waals surface area contributed by atoms with Crippen molar-refractivity contribution < 1.29 is 14.9 Å². The van der Waals surface area contributed by atoms with Crippen molar-refractivity contribution in [3.63, 3.8) is 0 Å². The Morgan fingerprint density at radius 3 is 2.09 bits per heavy atom. The summed E-state index contributed by atoms with van der Waals surface area (Å²) in [4.78, 5) is 0. The molecule has 0 saturated carbocycles. The van der Waals surface area contributed by atoms with Crippen LogP contribution in [0.1, 0.15) is 19.8 Å².